The Hall–Kier alpha value is -0.910. The molecule has 0 amide bonds. The summed E-state index contributed by atoms with van der Waals surface area (Å²) in [5.74, 6) is -0.0517. The zero-order valence-corrected chi connectivity index (χ0v) is 12.9. The van der Waals surface area contributed by atoms with Crippen LogP contribution in [0.3, 0.4) is 0 Å². The first kappa shape index (κ1) is 14.5. The average molecular weight is 363 g/mol. The maximum atomic E-state index is 13.1. The molecule has 2 N–H and O–H groups in total. The third-order valence-corrected chi connectivity index (χ3v) is 4.83. The predicted molar refractivity (Wildman–Crippen MR) is 80.1 cm³/mol. The molecular formula is C13H10BrClFNOS. The van der Waals surface area contributed by atoms with Gasteiger partial charge in [-0.05, 0) is 51.8 Å². The summed E-state index contributed by atoms with van der Waals surface area (Å²) in [6.45, 7) is 0. The van der Waals surface area contributed by atoms with Gasteiger partial charge in [-0.25, -0.2) is 4.39 Å². The van der Waals surface area contributed by atoms with Gasteiger partial charge in [0.25, 0.3) is 0 Å². The van der Waals surface area contributed by atoms with Crippen LogP contribution in [0.4, 0.5) is 10.1 Å². The van der Waals surface area contributed by atoms with Crippen molar-refractivity contribution in [3.8, 4) is 0 Å². The highest BCUT2D eigenvalue weighted by Crippen LogP contribution is 2.24. The molecule has 0 saturated carbocycles. The number of benzene rings is 2. The molecule has 6 heteroatoms. The van der Waals surface area contributed by atoms with Crippen LogP contribution in [0.2, 0.25) is 5.02 Å². The maximum absolute atomic E-state index is 13.1. The fourth-order valence-corrected chi connectivity index (χ4v) is 3.30. The average Bonchev–Trinajstić information content (AvgIpc) is 2.37. The van der Waals surface area contributed by atoms with Crippen LogP contribution < -0.4 is 5.73 Å². The van der Waals surface area contributed by atoms with Crippen LogP contribution in [0.15, 0.2) is 45.8 Å². The number of nitrogen functional groups attached to an aromatic ring is 1. The van der Waals surface area contributed by atoms with E-state index < -0.39 is 10.8 Å². The summed E-state index contributed by atoms with van der Waals surface area (Å²) in [5.41, 5.74) is 6.83. The van der Waals surface area contributed by atoms with Gasteiger partial charge in [-0.3, -0.25) is 4.21 Å². The molecule has 2 aromatic rings. The van der Waals surface area contributed by atoms with Crippen molar-refractivity contribution in [1.82, 2.24) is 0 Å². The maximum Gasteiger partial charge on any atom is 0.137 e. The van der Waals surface area contributed by atoms with Crippen molar-refractivity contribution in [3.05, 3.63) is 57.3 Å². The van der Waals surface area contributed by atoms with E-state index in [4.69, 9.17) is 17.3 Å². The van der Waals surface area contributed by atoms with Gasteiger partial charge in [-0.1, -0.05) is 17.7 Å². The SMILES string of the molecule is Nc1ccc(S(=O)Cc2ccc(F)c(Br)c2)cc1Cl. The number of rotatable bonds is 3. The Kier molecular flexibility index (Phi) is 4.60. The van der Waals surface area contributed by atoms with Crippen molar-refractivity contribution >= 4 is 44.0 Å². The lowest BCUT2D eigenvalue weighted by molar-refractivity contribution is 0.620. The molecule has 1 atom stereocenters. The number of anilines is 1. The predicted octanol–water partition coefficient (Wildman–Crippen LogP) is 4.13. The molecule has 0 spiro atoms. The zero-order valence-electron chi connectivity index (χ0n) is 9.70. The van der Waals surface area contributed by atoms with Crippen LogP contribution in [0, 0.1) is 5.82 Å². The van der Waals surface area contributed by atoms with Crippen LogP contribution in [0.25, 0.3) is 0 Å². The first-order valence-corrected chi connectivity index (χ1v) is 7.83. The van der Waals surface area contributed by atoms with Gasteiger partial charge in [-0.2, -0.15) is 0 Å². The van der Waals surface area contributed by atoms with E-state index in [9.17, 15) is 8.60 Å². The van der Waals surface area contributed by atoms with Crippen molar-refractivity contribution in [3.63, 3.8) is 0 Å². The molecule has 0 aliphatic heterocycles. The zero-order chi connectivity index (χ0) is 14.0. The van der Waals surface area contributed by atoms with Gasteiger partial charge in [-0.15, -0.1) is 0 Å². The summed E-state index contributed by atoms with van der Waals surface area (Å²) in [7, 11) is -1.25. The highest BCUT2D eigenvalue weighted by molar-refractivity contribution is 9.10. The Morgan fingerprint density at radius 2 is 2.00 bits per heavy atom. The monoisotopic (exact) mass is 361 g/mol. The summed E-state index contributed by atoms with van der Waals surface area (Å²) in [4.78, 5) is 0.597. The molecule has 0 heterocycles. The van der Waals surface area contributed by atoms with Gasteiger partial charge in [0.1, 0.15) is 5.82 Å². The summed E-state index contributed by atoms with van der Waals surface area (Å²) in [6, 6.07) is 9.45. The lowest BCUT2D eigenvalue weighted by Crippen LogP contribution is -1.98. The molecule has 0 saturated heterocycles. The second kappa shape index (κ2) is 6.03. The van der Waals surface area contributed by atoms with Crippen molar-refractivity contribution < 1.29 is 8.60 Å². The molecule has 0 fully saturated rings. The molecule has 2 nitrogen and oxygen atoms in total. The van der Waals surface area contributed by atoms with E-state index in [1.807, 2.05) is 0 Å². The van der Waals surface area contributed by atoms with Gasteiger partial charge < -0.3 is 5.73 Å². The van der Waals surface area contributed by atoms with Crippen molar-refractivity contribution in [2.75, 3.05) is 5.73 Å². The fourth-order valence-electron chi connectivity index (χ4n) is 1.51. The third-order valence-electron chi connectivity index (χ3n) is 2.52. The molecule has 0 radical (unpaired) electrons. The standard InChI is InChI=1S/C13H10BrClFNOS/c14-10-5-8(1-3-12(10)16)7-19(18)9-2-4-13(17)11(15)6-9/h1-6H,7,17H2. The second-order valence-electron chi connectivity index (χ2n) is 3.92. The van der Waals surface area contributed by atoms with E-state index in [2.05, 4.69) is 15.9 Å². The minimum Gasteiger partial charge on any atom is -0.398 e. The number of hydrogen-bond acceptors (Lipinski definition) is 2. The van der Waals surface area contributed by atoms with E-state index in [0.29, 0.717) is 25.8 Å². The van der Waals surface area contributed by atoms with Crippen LogP contribution in [0.1, 0.15) is 5.56 Å². The van der Waals surface area contributed by atoms with E-state index in [1.165, 1.54) is 6.07 Å². The molecular weight excluding hydrogens is 353 g/mol. The summed E-state index contributed by atoms with van der Waals surface area (Å²) >= 11 is 8.99. The van der Waals surface area contributed by atoms with Crippen LogP contribution in [0.5, 0.6) is 0 Å². The molecule has 100 valence electrons. The van der Waals surface area contributed by atoms with Crippen molar-refractivity contribution in [2.24, 2.45) is 0 Å². The first-order valence-electron chi connectivity index (χ1n) is 5.34. The number of halogens is 3. The number of nitrogens with two attached hydrogens (primary N) is 1. The largest absolute Gasteiger partial charge is 0.398 e. The fraction of sp³-hybridized carbons (Fsp3) is 0.0769. The minimum absolute atomic E-state index is 0.291. The molecule has 2 aromatic carbocycles. The minimum atomic E-state index is -1.25. The Labute approximate surface area is 126 Å². The highest BCUT2D eigenvalue weighted by atomic mass is 79.9. The Bertz CT molecular complexity index is 651. The summed E-state index contributed by atoms with van der Waals surface area (Å²) < 4.78 is 25.6. The van der Waals surface area contributed by atoms with Crippen molar-refractivity contribution in [1.29, 1.82) is 0 Å². The summed E-state index contributed by atoms with van der Waals surface area (Å²) in [6.07, 6.45) is 0. The van der Waals surface area contributed by atoms with Gasteiger partial charge in [0, 0.05) is 4.90 Å². The van der Waals surface area contributed by atoms with Gasteiger partial charge in [0.05, 0.1) is 31.7 Å². The highest BCUT2D eigenvalue weighted by Gasteiger charge is 2.09. The number of hydrogen-bond donors (Lipinski definition) is 1. The van der Waals surface area contributed by atoms with E-state index in [-0.39, 0.29) is 5.82 Å². The Balaban J connectivity index is 2.20. The van der Waals surface area contributed by atoms with Gasteiger partial charge in [0.2, 0.25) is 0 Å². The Morgan fingerprint density at radius 3 is 2.63 bits per heavy atom. The molecule has 0 aliphatic rings. The molecule has 0 aromatic heterocycles. The lowest BCUT2D eigenvalue weighted by Gasteiger charge is -2.05. The van der Waals surface area contributed by atoms with E-state index >= 15 is 0 Å². The molecule has 0 aliphatic carbocycles. The van der Waals surface area contributed by atoms with Crippen LogP contribution in [-0.2, 0) is 16.6 Å². The Morgan fingerprint density at radius 1 is 1.26 bits per heavy atom. The quantitative estimate of drug-likeness (QED) is 0.834. The lowest BCUT2D eigenvalue weighted by atomic mass is 10.2. The molecule has 2 rings (SSSR count). The van der Waals surface area contributed by atoms with E-state index in [1.54, 1.807) is 30.3 Å². The molecule has 0 bridgehead atoms. The second-order valence-corrected chi connectivity index (χ2v) is 6.63. The van der Waals surface area contributed by atoms with Crippen LogP contribution >= 0.6 is 27.5 Å². The first-order chi connectivity index (χ1) is 8.97. The molecule has 1 unspecified atom stereocenters. The van der Waals surface area contributed by atoms with E-state index in [0.717, 1.165) is 5.56 Å². The normalized spacial score (nSPS) is 12.4. The molecule has 19 heavy (non-hydrogen) atoms. The van der Waals surface area contributed by atoms with Gasteiger partial charge >= 0.3 is 0 Å². The topological polar surface area (TPSA) is 43.1 Å². The third kappa shape index (κ3) is 3.55. The smallest absolute Gasteiger partial charge is 0.137 e. The van der Waals surface area contributed by atoms with Gasteiger partial charge in [0.15, 0.2) is 0 Å². The summed E-state index contributed by atoms with van der Waals surface area (Å²) in [5, 5.41) is 0.381. The van der Waals surface area contributed by atoms with Crippen molar-refractivity contribution in [2.45, 2.75) is 10.6 Å². The van der Waals surface area contributed by atoms with Crippen LogP contribution in [-0.4, -0.2) is 4.21 Å².